The summed E-state index contributed by atoms with van der Waals surface area (Å²) in [7, 11) is 0. The second kappa shape index (κ2) is 4.79. The van der Waals surface area contributed by atoms with Crippen molar-refractivity contribution in [2.75, 3.05) is 13.1 Å². The van der Waals surface area contributed by atoms with Gasteiger partial charge in [-0.05, 0) is 56.3 Å². The first-order valence-corrected chi connectivity index (χ1v) is 6.73. The smallest absolute Gasteiger partial charge is 0.0696 e. The van der Waals surface area contributed by atoms with E-state index in [1.165, 1.54) is 24.8 Å². The van der Waals surface area contributed by atoms with Gasteiger partial charge in [-0.3, -0.25) is 4.90 Å². The van der Waals surface area contributed by atoms with E-state index in [9.17, 15) is 5.11 Å². The number of benzene rings is 1. The summed E-state index contributed by atoms with van der Waals surface area (Å²) in [6.45, 7) is 2.27. The minimum Gasteiger partial charge on any atom is -0.391 e. The Bertz CT molecular complexity index is 356. The predicted octanol–water partition coefficient (Wildman–Crippen LogP) is 2.19. The summed E-state index contributed by atoms with van der Waals surface area (Å²) in [6.07, 6.45) is 4.54. The van der Waals surface area contributed by atoms with Gasteiger partial charge < -0.3 is 5.11 Å². The first kappa shape index (κ1) is 11.2. The average Bonchev–Trinajstić information content (AvgIpc) is 2.39. The highest BCUT2D eigenvalue weighted by Crippen LogP contribution is 2.33. The monoisotopic (exact) mass is 230 g/mol. The van der Waals surface area contributed by atoms with Crippen LogP contribution in [-0.4, -0.2) is 35.2 Å². The number of rotatable bonds is 2. The standard InChI is InChI=1S/C15H20NO/c17-15-7-6-14(15)16-10-8-13(9-11-16)12-4-2-1-3-5-12/h1-4,13-15,17H,6-11H2. The van der Waals surface area contributed by atoms with Crippen LogP contribution in [0.15, 0.2) is 24.3 Å². The van der Waals surface area contributed by atoms with Gasteiger partial charge in [-0.15, -0.1) is 0 Å². The number of hydrogen-bond donors (Lipinski definition) is 1. The van der Waals surface area contributed by atoms with Crippen LogP contribution >= 0.6 is 0 Å². The fourth-order valence-electron chi connectivity index (χ4n) is 3.09. The molecular weight excluding hydrogens is 210 g/mol. The quantitative estimate of drug-likeness (QED) is 0.842. The molecule has 17 heavy (non-hydrogen) atoms. The molecule has 0 amide bonds. The SMILES string of the molecule is OC1CCC1N1CCC(c2[c]cccc2)CC1. The summed E-state index contributed by atoms with van der Waals surface area (Å²) >= 11 is 0. The number of piperidine rings is 1. The first-order chi connectivity index (χ1) is 8.34. The van der Waals surface area contributed by atoms with Gasteiger partial charge in [0, 0.05) is 6.04 Å². The molecule has 1 radical (unpaired) electrons. The van der Waals surface area contributed by atoms with Gasteiger partial charge in [-0.2, -0.15) is 0 Å². The van der Waals surface area contributed by atoms with Crippen LogP contribution in [0.3, 0.4) is 0 Å². The van der Waals surface area contributed by atoms with Gasteiger partial charge >= 0.3 is 0 Å². The Balaban J connectivity index is 1.57. The van der Waals surface area contributed by atoms with Crippen LogP contribution < -0.4 is 0 Å². The van der Waals surface area contributed by atoms with Crippen molar-refractivity contribution in [1.82, 2.24) is 4.90 Å². The third-order valence-corrected chi connectivity index (χ3v) is 4.37. The zero-order valence-corrected chi connectivity index (χ0v) is 10.2. The third kappa shape index (κ3) is 2.24. The largest absolute Gasteiger partial charge is 0.391 e. The molecule has 2 heteroatoms. The fourth-order valence-corrected chi connectivity index (χ4v) is 3.09. The van der Waals surface area contributed by atoms with Gasteiger partial charge in [0.15, 0.2) is 0 Å². The molecule has 2 unspecified atom stereocenters. The van der Waals surface area contributed by atoms with E-state index in [1.54, 1.807) is 0 Å². The van der Waals surface area contributed by atoms with E-state index in [1.807, 2.05) is 12.1 Å². The topological polar surface area (TPSA) is 23.5 Å². The van der Waals surface area contributed by atoms with Gasteiger partial charge in [0.2, 0.25) is 0 Å². The summed E-state index contributed by atoms with van der Waals surface area (Å²) in [4.78, 5) is 2.48. The van der Waals surface area contributed by atoms with Gasteiger partial charge in [0.25, 0.3) is 0 Å². The molecule has 1 N–H and O–H groups in total. The minimum absolute atomic E-state index is 0.0603. The molecule has 2 aliphatic rings. The molecule has 0 aromatic heterocycles. The molecule has 1 aromatic rings. The molecule has 3 rings (SSSR count). The summed E-state index contributed by atoms with van der Waals surface area (Å²) in [5.74, 6) is 0.671. The van der Waals surface area contributed by atoms with Crippen molar-refractivity contribution < 1.29 is 5.11 Å². The van der Waals surface area contributed by atoms with Crippen molar-refractivity contribution >= 4 is 0 Å². The Morgan fingerprint density at radius 3 is 2.47 bits per heavy atom. The van der Waals surface area contributed by atoms with Crippen LogP contribution in [-0.2, 0) is 0 Å². The molecule has 1 heterocycles. The molecule has 1 aliphatic heterocycles. The molecule has 1 saturated heterocycles. The fraction of sp³-hybridized carbons (Fsp3) is 0.600. The highest BCUT2D eigenvalue weighted by molar-refractivity contribution is 5.18. The maximum Gasteiger partial charge on any atom is 0.0696 e. The molecule has 1 saturated carbocycles. The van der Waals surface area contributed by atoms with Crippen LogP contribution in [0, 0.1) is 6.07 Å². The van der Waals surface area contributed by atoms with E-state index in [0.29, 0.717) is 12.0 Å². The Labute approximate surface area is 103 Å². The second-order valence-corrected chi connectivity index (χ2v) is 5.34. The van der Waals surface area contributed by atoms with E-state index in [2.05, 4.69) is 23.1 Å². The normalized spacial score (nSPS) is 31.1. The number of aliphatic hydroxyl groups excluding tert-OH is 1. The number of nitrogens with zero attached hydrogens (tertiary/aromatic N) is 1. The lowest BCUT2D eigenvalue weighted by molar-refractivity contribution is -0.0301. The molecular formula is C15H20NO. The maximum atomic E-state index is 9.70. The van der Waals surface area contributed by atoms with Crippen LogP contribution in [0.25, 0.3) is 0 Å². The van der Waals surface area contributed by atoms with Crippen molar-refractivity contribution in [3.05, 3.63) is 35.9 Å². The van der Waals surface area contributed by atoms with Gasteiger partial charge in [0.1, 0.15) is 0 Å². The summed E-state index contributed by atoms with van der Waals surface area (Å²) < 4.78 is 0. The molecule has 1 aliphatic carbocycles. The van der Waals surface area contributed by atoms with Crippen molar-refractivity contribution in [1.29, 1.82) is 0 Å². The minimum atomic E-state index is -0.0603. The van der Waals surface area contributed by atoms with E-state index < -0.39 is 0 Å². The highest BCUT2D eigenvalue weighted by atomic mass is 16.3. The van der Waals surface area contributed by atoms with E-state index in [4.69, 9.17) is 0 Å². The highest BCUT2D eigenvalue weighted by Gasteiger charge is 2.35. The van der Waals surface area contributed by atoms with Crippen molar-refractivity contribution in [2.45, 2.75) is 43.7 Å². The third-order valence-electron chi connectivity index (χ3n) is 4.37. The van der Waals surface area contributed by atoms with E-state index >= 15 is 0 Å². The number of likely N-dealkylation sites (tertiary alicyclic amines) is 1. The predicted molar refractivity (Wildman–Crippen MR) is 67.9 cm³/mol. The van der Waals surface area contributed by atoms with Crippen LogP contribution in [0.2, 0.25) is 0 Å². The zero-order valence-electron chi connectivity index (χ0n) is 10.2. The van der Waals surface area contributed by atoms with Crippen molar-refractivity contribution in [3.8, 4) is 0 Å². The number of hydrogen-bond acceptors (Lipinski definition) is 2. The Hall–Kier alpha value is -0.860. The second-order valence-electron chi connectivity index (χ2n) is 5.34. The Morgan fingerprint density at radius 1 is 1.12 bits per heavy atom. The molecule has 1 aromatic carbocycles. The average molecular weight is 230 g/mol. The van der Waals surface area contributed by atoms with Gasteiger partial charge in [0.05, 0.1) is 6.10 Å². The summed E-state index contributed by atoms with van der Waals surface area (Å²) in [5, 5.41) is 9.70. The van der Waals surface area contributed by atoms with Crippen LogP contribution in [0.1, 0.15) is 37.2 Å². The lowest BCUT2D eigenvalue weighted by Crippen LogP contribution is -2.52. The molecule has 2 nitrogen and oxygen atoms in total. The van der Waals surface area contributed by atoms with Crippen molar-refractivity contribution in [2.24, 2.45) is 0 Å². The zero-order chi connectivity index (χ0) is 11.7. The molecule has 2 fully saturated rings. The Morgan fingerprint density at radius 2 is 1.94 bits per heavy atom. The molecule has 2 atom stereocenters. The number of aliphatic hydroxyl groups is 1. The lowest BCUT2D eigenvalue weighted by atomic mass is 9.83. The molecule has 0 spiro atoms. The van der Waals surface area contributed by atoms with Crippen molar-refractivity contribution in [3.63, 3.8) is 0 Å². The van der Waals surface area contributed by atoms with E-state index in [-0.39, 0.29) is 6.10 Å². The first-order valence-electron chi connectivity index (χ1n) is 6.73. The van der Waals surface area contributed by atoms with E-state index in [0.717, 1.165) is 19.5 Å². The lowest BCUT2D eigenvalue weighted by Gasteiger charge is -2.44. The van der Waals surface area contributed by atoms with Gasteiger partial charge in [-0.1, -0.05) is 24.3 Å². The Kier molecular flexibility index (Phi) is 3.17. The van der Waals surface area contributed by atoms with Gasteiger partial charge in [-0.25, -0.2) is 0 Å². The summed E-state index contributed by atoms with van der Waals surface area (Å²) in [6, 6.07) is 12.1. The maximum absolute atomic E-state index is 9.70. The van der Waals surface area contributed by atoms with Crippen LogP contribution in [0.5, 0.6) is 0 Å². The van der Waals surface area contributed by atoms with Crippen LogP contribution in [0.4, 0.5) is 0 Å². The summed E-state index contributed by atoms with van der Waals surface area (Å²) in [5.41, 5.74) is 1.36. The molecule has 0 bridgehead atoms. The molecule has 91 valence electrons.